The second kappa shape index (κ2) is 25.8. The quantitative estimate of drug-likeness (QED) is 0.0451. The van der Waals surface area contributed by atoms with E-state index in [2.05, 4.69) is 98.3 Å². The molecule has 12 aromatic rings. The first-order chi connectivity index (χ1) is 39.6. The normalized spacial score (nSPS) is 11.4. The topological polar surface area (TPSA) is 358 Å². The fourth-order valence-corrected chi connectivity index (χ4v) is 8.97. The van der Waals surface area contributed by atoms with Gasteiger partial charge in [0.15, 0.2) is 99.9 Å². The molecule has 12 rings (SSSR count). The van der Waals surface area contributed by atoms with Crippen molar-refractivity contribution in [2.24, 2.45) is 40.9 Å². The standard InChI is InChI=1S/C13H6FN5OS.C12H7F2N5OS2.C12H7F2N5OS.C10H6N6OS/c14-10-4-8(1-2-11(10)20)17-18-13-9-3-7(5-15)6-16-12(9)19-21-13;1-21-12-15-4-6-10(16-12)19-22-11(6)18-17-5-2-7(13)9(20)8(14)3-5;1-5-15-4-6-11(16-5)19-21-12(6)18-17-9-2-8(14)10(20)3-7(9)13;17-6-1-2-8(12-3-6)14-15-10-7-4-11-5-13-9(7)16-18-10/h1-4,6,20H;2-4,20H,1H3;2-4,20H,1H3;1-5,17H. The van der Waals surface area contributed by atoms with E-state index in [1.54, 1.807) is 37.6 Å². The molecule has 9 aromatic heterocycles. The predicted octanol–water partition coefficient (Wildman–Crippen LogP) is 14.4. The SMILES string of the molecule is CSc1ncc2c(N=Nc3cc(F)c(O)c(F)c3)snc2n1.Cc1ncc2c(N=Nc3cc(F)c(O)cc3F)snc2n1.N#Cc1cnc2nsc(N=Nc3ccc(O)c(F)c3)c2c1.Oc1ccc(N=Nc2snc3ncncc23)nc1. The van der Waals surface area contributed by atoms with Crippen molar-refractivity contribution in [1.82, 2.24) is 57.4 Å². The Labute approximate surface area is 474 Å². The lowest BCUT2D eigenvalue weighted by Gasteiger charge is -1.98. The summed E-state index contributed by atoms with van der Waals surface area (Å²) in [5.74, 6) is -6.02. The molecule has 0 aliphatic carbocycles. The Morgan fingerprint density at radius 3 is 1.74 bits per heavy atom. The van der Waals surface area contributed by atoms with E-state index in [1.165, 1.54) is 60.2 Å². The van der Waals surface area contributed by atoms with Crippen LogP contribution < -0.4 is 0 Å². The first kappa shape index (κ1) is 56.6. The van der Waals surface area contributed by atoms with Gasteiger partial charge in [0.05, 0.1) is 44.7 Å². The molecule has 0 aliphatic rings. The lowest BCUT2D eigenvalue weighted by atomic mass is 10.2. The van der Waals surface area contributed by atoms with Gasteiger partial charge in [-0.05, 0) is 89.6 Å². The van der Waals surface area contributed by atoms with Crippen LogP contribution in [0, 0.1) is 47.3 Å². The zero-order valence-corrected chi connectivity index (χ0v) is 44.9. The Morgan fingerprint density at radius 1 is 0.500 bits per heavy atom. The van der Waals surface area contributed by atoms with Crippen molar-refractivity contribution in [3.63, 3.8) is 0 Å². The minimum atomic E-state index is -1.10. The van der Waals surface area contributed by atoms with Crippen LogP contribution in [-0.4, -0.2) is 84.0 Å². The molecule has 82 heavy (non-hydrogen) atoms. The molecule has 408 valence electrons. The smallest absolute Gasteiger partial charge is 0.189 e. The van der Waals surface area contributed by atoms with E-state index in [0.29, 0.717) is 87.2 Å². The average Bonchev–Trinajstić information content (AvgIpc) is 4.42. The van der Waals surface area contributed by atoms with Crippen LogP contribution in [0.3, 0.4) is 0 Å². The summed E-state index contributed by atoms with van der Waals surface area (Å²) in [5, 5.41) is 81.2. The summed E-state index contributed by atoms with van der Waals surface area (Å²) in [6, 6.07) is 13.5. The molecule has 0 fully saturated rings. The molecule has 0 radical (unpaired) electrons. The number of phenolic OH excluding ortho intramolecular Hbond substituents is 3. The molecule has 0 atom stereocenters. The largest absolute Gasteiger partial charge is 0.506 e. The second-order valence-electron chi connectivity index (χ2n) is 15.5. The Bertz CT molecular complexity index is 4460. The Kier molecular flexibility index (Phi) is 17.8. The number of thioether (sulfide) groups is 1. The van der Waals surface area contributed by atoms with Crippen molar-refractivity contribution in [1.29, 1.82) is 5.26 Å². The van der Waals surface area contributed by atoms with Gasteiger partial charge < -0.3 is 20.4 Å². The predicted molar refractivity (Wildman–Crippen MR) is 291 cm³/mol. The molecule has 3 aromatic carbocycles. The average molecular weight is 1200 g/mol. The number of rotatable bonds is 9. The van der Waals surface area contributed by atoms with Crippen LogP contribution in [0.2, 0.25) is 0 Å². The van der Waals surface area contributed by atoms with Gasteiger partial charge in [-0.3, -0.25) is 0 Å². The highest BCUT2D eigenvalue weighted by atomic mass is 32.2. The number of hydrogen-bond donors (Lipinski definition) is 4. The number of pyridine rings is 2. The Morgan fingerprint density at radius 2 is 1.09 bits per heavy atom. The first-order valence-electron chi connectivity index (χ1n) is 22.3. The van der Waals surface area contributed by atoms with Gasteiger partial charge in [0, 0.05) is 55.1 Å². The van der Waals surface area contributed by atoms with Crippen LogP contribution >= 0.6 is 57.9 Å². The van der Waals surface area contributed by atoms with E-state index in [0.717, 1.165) is 64.2 Å². The van der Waals surface area contributed by atoms with Crippen LogP contribution in [0.4, 0.5) is 64.8 Å². The maximum atomic E-state index is 13.5. The third-order valence-electron chi connectivity index (χ3n) is 9.99. The van der Waals surface area contributed by atoms with Gasteiger partial charge in [-0.15, -0.1) is 40.9 Å². The number of nitrogens with zero attached hydrogens (tertiary/aromatic N) is 21. The molecule has 35 heteroatoms. The van der Waals surface area contributed by atoms with Gasteiger partial charge >= 0.3 is 0 Å². The van der Waals surface area contributed by atoms with E-state index in [9.17, 15) is 22.0 Å². The number of benzene rings is 3. The third-order valence-corrected chi connectivity index (χ3v) is 13.5. The van der Waals surface area contributed by atoms with Gasteiger partial charge in [-0.2, -0.15) is 22.8 Å². The number of aryl methyl sites for hydroxylation is 1. The third kappa shape index (κ3) is 13.8. The van der Waals surface area contributed by atoms with Crippen molar-refractivity contribution < 1.29 is 42.4 Å². The van der Waals surface area contributed by atoms with E-state index in [1.807, 2.05) is 12.3 Å². The molecule has 0 amide bonds. The molecule has 0 saturated carbocycles. The lowest BCUT2D eigenvalue weighted by Crippen LogP contribution is -1.85. The maximum absolute atomic E-state index is 13.5. The number of aromatic hydroxyl groups is 4. The van der Waals surface area contributed by atoms with Crippen molar-refractivity contribution in [3.05, 3.63) is 138 Å². The molecule has 0 aliphatic heterocycles. The first-order valence-corrected chi connectivity index (χ1v) is 26.6. The second-order valence-corrected chi connectivity index (χ2v) is 19.3. The number of hydrogen-bond acceptors (Lipinski definition) is 30. The highest BCUT2D eigenvalue weighted by Gasteiger charge is 2.14. The van der Waals surface area contributed by atoms with Gasteiger partial charge in [0.1, 0.15) is 29.7 Å². The van der Waals surface area contributed by atoms with Gasteiger partial charge in [0.2, 0.25) is 0 Å². The number of phenols is 3. The van der Waals surface area contributed by atoms with Crippen molar-refractivity contribution in [3.8, 4) is 29.1 Å². The van der Waals surface area contributed by atoms with Crippen molar-refractivity contribution in [2.45, 2.75) is 12.1 Å². The van der Waals surface area contributed by atoms with Gasteiger partial charge in [0.25, 0.3) is 0 Å². The van der Waals surface area contributed by atoms with Crippen LogP contribution in [0.5, 0.6) is 23.0 Å². The van der Waals surface area contributed by atoms with E-state index < -0.39 is 46.3 Å². The molecule has 9 heterocycles. The Balaban J connectivity index is 0.000000132. The van der Waals surface area contributed by atoms with Crippen molar-refractivity contribution in [2.75, 3.05) is 6.26 Å². The molecule has 0 bridgehead atoms. The van der Waals surface area contributed by atoms with Crippen LogP contribution in [-0.2, 0) is 0 Å². The molecule has 4 N–H and O–H groups in total. The molecule has 0 saturated heterocycles. The number of fused-ring (bicyclic) bond motifs is 4. The summed E-state index contributed by atoms with van der Waals surface area (Å²) in [7, 11) is 0. The monoisotopic (exact) mass is 1200 g/mol. The summed E-state index contributed by atoms with van der Waals surface area (Å²) in [4.78, 5) is 32.3. The zero-order valence-electron chi connectivity index (χ0n) is 40.8. The summed E-state index contributed by atoms with van der Waals surface area (Å²) in [6.45, 7) is 1.73. The molecule has 25 nitrogen and oxygen atoms in total. The number of halogens is 5. The highest BCUT2D eigenvalue weighted by molar-refractivity contribution is 7.98. The summed E-state index contributed by atoms with van der Waals surface area (Å²) in [5.41, 5.74) is 2.31. The van der Waals surface area contributed by atoms with Crippen LogP contribution in [0.25, 0.3) is 44.1 Å². The molecule has 0 unspecified atom stereocenters. The van der Waals surface area contributed by atoms with Crippen LogP contribution in [0.15, 0.2) is 144 Å². The fourth-order valence-electron chi connectivity index (χ4n) is 6.09. The molecule has 0 spiro atoms. The van der Waals surface area contributed by atoms with E-state index >= 15 is 0 Å². The van der Waals surface area contributed by atoms with Crippen molar-refractivity contribution >= 4 is 145 Å². The van der Waals surface area contributed by atoms with Crippen LogP contribution in [0.1, 0.15) is 11.4 Å². The van der Waals surface area contributed by atoms with E-state index in [-0.39, 0.29) is 22.8 Å². The maximum Gasteiger partial charge on any atom is 0.189 e. The summed E-state index contributed by atoms with van der Waals surface area (Å²) >= 11 is 5.75. The Hall–Kier alpha value is -10.2. The summed E-state index contributed by atoms with van der Waals surface area (Å²) in [6.07, 6.45) is 10.8. The van der Waals surface area contributed by atoms with E-state index in [4.69, 9.17) is 25.7 Å². The number of azo groups is 4. The zero-order chi connectivity index (χ0) is 57.9. The molecular formula is C47H26F5N21O4S5. The molecular weight excluding hydrogens is 1180 g/mol. The summed E-state index contributed by atoms with van der Waals surface area (Å²) < 4.78 is 82.7. The number of nitriles is 1. The number of aromatic nitrogens is 12. The lowest BCUT2D eigenvalue weighted by molar-refractivity contribution is 0.396. The van der Waals surface area contributed by atoms with Gasteiger partial charge in [-0.1, -0.05) is 11.8 Å². The minimum absolute atomic E-state index is 0.0593. The highest BCUT2D eigenvalue weighted by Crippen LogP contribution is 2.36. The minimum Gasteiger partial charge on any atom is -0.506 e. The fraction of sp³-hybridized carbons (Fsp3) is 0.0426. The van der Waals surface area contributed by atoms with Gasteiger partial charge in [-0.25, -0.2) is 61.8 Å².